The van der Waals surface area contributed by atoms with E-state index in [1.165, 1.54) is 16.7 Å². The first-order chi connectivity index (χ1) is 7.10. The summed E-state index contributed by atoms with van der Waals surface area (Å²) in [5.41, 5.74) is 0. The summed E-state index contributed by atoms with van der Waals surface area (Å²) in [6.45, 7) is 0.922. The number of piperidine rings is 1. The Bertz CT molecular complexity index is 417. The molecule has 0 bridgehead atoms. The molecule has 0 saturated carbocycles. The molecule has 1 aliphatic rings. The SMILES string of the molecule is O=S(=O)(c1cn[nH]c1)N1CCCC(Cl)C1. The van der Waals surface area contributed by atoms with Crippen molar-refractivity contribution in [1.82, 2.24) is 14.5 Å². The van der Waals surface area contributed by atoms with E-state index in [2.05, 4.69) is 10.2 Å². The van der Waals surface area contributed by atoms with Crippen molar-refractivity contribution in [3.05, 3.63) is 12.4 Å². The average molecular weight is 250 g/mol. The van der Waals surface area contributed by atoms with Crippen LogP contribution in [0.3, 0.4) is 0 Å². The molecule has 0 aromatic carbocycles. The quantitative estimate of drug-likeness (QED) is 0.789. The highest BCUT2D eigenvalue weighted by Crippen LogP contribution is 2.21. The molecule has 0 aliphatic carbocycles. The van der Waals surface area contributed by atoms with Gasteiger partial charge in [-0.05, 0) is 12.8 Å². The van der Waals surface area contributed by atoms with E-state index >= 15 is 0 Å². The van der Waals surface area contributed by atoms with Crippen molar-refractivity contribution < 1.29 is 8.42 Å². The molecule has 2 heterocycles. The smallest absolute Gasteiger partial charge is 0.246 e. The van der Waals surface area contributed by atoms with Crippen molar-refractivity contribution in [2.24, 2.45) is 0 Å². The zero-order valence-electron chi connectivity index (χ0n) is 8.06. The van der Waals surface area contributed by atoms with Crippen LogP contribution in [0.2, 0.25) is 0 Å². The van der Waals surface area contributed by atoms with Gasteiger partial charge >= 0.3 is 0 Å². The Morgan fingerprint density at radius 2 is 2.40 bits per heavy atom. The van der Waals surface area contributed by atoms with Crippen molar-refractivity contribution in [2.45, 2.75) is 23.1 Å². The van der Waals surface area contributed by atoms with Crippen LogP contribution in [-0.2, 0) is 10.0 Å². The van der Waals surface area contributed by atoms with E-state index in [-0.39, 0.29) is 10.3 Å². The van der Waals surface area contributed by atoms with Crippen molar-refractivity contribution in [2.75, 3.05) is 13.1 Å². The number of rotatable bonds is 2. The summed E-state index contributed by atoms with van der Waals surface area (Å²) in [6.07, 6.45) is 4.38. The number of aromatic amines is 1. The molecule has 5 nitrogen and oxygen atoms in total. The van der Waals surface area contributed by atoms with Crippen LogP contribution in [0.4, 0.5) is 0 Å². The summed E-state index contributed by atoms with van der Waals surface area (Å²) in [7, 11) is -3.40. The number of hydrogen-bond acceptors (Lipinski definition) is 3. The van der Waals surface area contributed by atoms with Gasteiger partial charge in [0.15, 0.2) is 0 Å². The number of halogens is 1. The van der Waals surface area contributed by atoms with Crippen LogP contribution >= 0.6 is 11.6 Å². The van der Waals surface area contributed by atoms with Gasteiger partial charge in [-0.25, -0.2) is 8.42 Å². The third-order valence-corrected chi connectivity index (χ3v) is 4.62. The largest absolute Gasteiger partial charge is 0.284 e. The number of hydrogen-bond donors (Lipinski definition) is 1. The highest BCUT2D eigenvalue weighted by molar-refractivity contribution is 7.89. The number of nitrogens with one attached hydrogen (secondary N) is 1. The van der Waals surface area contributed by atoms with E-state index in [1.54, 1.807) is 0 Å². The summed E-state index contributed by atoms with van der Waals surface area (Å²) in [5, 5.41) is 6.05. The fourth-order valence-corrected chi connectivity index (χ4v) is 3.47. The van der Waals surface area contributed by atoms with Gasteiger partial charge in [0.1, 0.15) is 4.90 Å². The Balaban J connectivity index is 2.22. The lowest BCUT2D eigenvalue weighted by atomic mass is 10.2. The molecule has 0 radical (unpaired) electrons. The average Bonchev–Trinajstić information content (AvgIpc) is 2.71. The van der Waals surface area contributed by atoms with Crippen molar-refractivity contribution in [1.29, 1.82) is 0 Å². The Morgan fingerprint density at radius 3 is 3.00 bits per heavy atom. The second-order valence-corrected chi connectivity index (χ2v) is 6.09. The molecule has 1 aromatic heterocycles. The van der Waals surface area contributed by atoms with Gasteiger partial charge in [-0.15, -0.1) is 11.6 Å². The zero-order chi connectivity index (χ0) is 10.9. The second-order valence-electron chi connectivity index (χ2n) is 3.54. The molecule has 1 atom stereocenters. The second kappa shape index (κ2) is 4.11. The molecular weight excluding hydrogens is 238 g/mol. The summed E-state index contributed by atoms with van der Waals surface area (Å²) in [5.74, 6) is 0. The van der Waals surface area contributed by atoms with Gasteiger partial charge in [0.05, 0.1) is 6.20 Å². The van der Waals surface area contributed by atoms with Gasteiger partial charge in [-0.3, -0.25) is 5.10 Å². The lowest BCUT2D eigenvalue weighted by molar-refractivity contribution is 0.350. The maximum absolute atomic E-state index is 12.0. The van der Waals surface area contributed by atoms with Gasteiger partial charge in [0.2, 0.25) is 10.0 Å². The Kier molecular flexibility index (Phi) is 2.99. The summed E-state index contributed by atoms with van der Waals surface area (Å²) < 4.78 is 25.4. The van der Waals surface area contributed by atoms with E-state index in [0.29, 0.717) is 13.1 Å². The van der Waals surface area contributed by atoms with Crippen LogP contribution in [0.1, 0.15) is 12.8 Å². The van der Waals surface area contributed by atoms with Crippen LogP contribution in [0, 0.1) is 0 Å². The predicted molar refractivity (Wildman–Crippen MR) is 56.2 cm³/mol. The number of aromatic nitrogens is 2. The topological polar surface area (TPSA) is 66.1 Å². The lowest BCUT2D eigenvalue weighted by Crippen LogP contribution is -2.40. The van der Waals surface area contributed by atoms with Crippen LogP contribution in [0.5, 0.6) is 0 Å². The van der Waals surface area contributed by atoms with Gasteiger partial charge in [-0.2, -0.15) is 9.40 Å². The third-order valence-electron chi connectivity index (χ3n) is 2.44. The summed E-state index contributed by atoms with van der Waals surface area (Å²) in [6, 6.07) is 0. The molecule has 1 aromatic rings. The first kappa shape index (κ1) is 10.9. The maximum atomic E-state index is 12.0. The predicted octanol–water partition coefficient (Wildman–Crippen LogP) is 0.802. The normalized spacial score (nSPS) is 24.2. The van der Waals surface area contributed by atoms with Gasteiger partial charge in [0, 0.05) is 24.7 Å². The fraction of sp³-hybridized carbons (Fsp3) is 0.625. The highest BCUT2D eigenvalue weighted by Gasteiger charge is 2.29. The standard InChI is InChI=1S/C8H12ClN3O2S/c9-7-2-1-3-12(6-7)15(13,14)8-4-10-11-5-8/h4-5,7H,1-3,6H2,(H,10,11). The van der Waals surface area contributed by atoms with E-state index in [9.17, 15) is 8.42 Å². The maximum Gasteiger partial charge on any atom is 0.246 e. The van der Waals surface area contributed by atoms with Gasteiger partial charge < -0.3 is 0 Å². The van der Waals surface area contributed by atoms with Crippen molar-refractivity contribution in [3.63, 3.8) is 0 Å². The van der Waals surface area contributed by atoms with E-state index in [4.69, 9.17) is 11.6 Å². The lowest BCUT2D eigenvalue weighted by Gasteiger charge is -2.28. The van der Waals surface area contributed by atoms with E-state index in [0.717, 1.165) is 12.8 Å². The highest BCUT2D eigenvalue weighted by atomic mass is 35.5. The Hall–Kier alpha value is -0.590. The summed E-state index contributed by atoms with van der Waals surface area (Å²) in [4.78, 5) is 0.202. The van der Waals surface area contributed by atoms with Crippen LogP contribution in [-0.4, -0.2) is 41.4 Å². The van der Waals surface area contributed by atoms with Crippen molar-refractivity contribution >= 4 is 21.6 Å². The van der Waals surface area contributed by atoms with Crippen molar-refractivity contribution in [3.8, 4) is 0 Å². The molecule has 2 rings (SSSR count). The molecule has 1 saturated heterocycles. The molecule has 15 heavy (non-hydrogen) atoms. The molecule has 0 spiro atoms. The molecule has 0 amide bonds. The monoisotopic (exact) mass is 249 g/mol. The number of alkyl halides is 1. The fourth-order valence-electron chi connectivity index (χ4n) is 1.64. The number of H-pyrrole nitrogens is 1. The first-order valence-corrected chi connectivity index (χ1v) is 6.61. The Labute approximate surface area is 93.5 Å². The first-order valence-electron chi connectivity index (χ1n) is 4.74. The molecule has 1 fully saturated rings. The Morgan fingerprint density at radius 1 is 1.60 bits per heavy atom. The summed E-state index contributed by atoms with van der Waals surface area (Å²) >= 11 is 5.95. The molecule has 1 aliphatic heterocycles. The minimum absolute atomic E-state index is 0.0829. The molecular formula is C8H12ClN3O2S. The minimum atomic E-state index is -3.40. The zero-order valence-corrected chi connectivity index (χ0v) is 9.63. The number of sulfonamides is 1. The van der Waals surface area contributed by atoms with Gasteiger partial charge in [0.25, 0.3) is 0 Å². The third kappa shape index (κ3) is 2.16. The molecule has 1 N–H and O–H groups in total. The molecule has 7 heteroatoms. The minimum Gasteiger partial charge on any atom is -0.284 e. The number of nitrogens with zero attached hydrogens (tertiary/aromatic N) is 2. The van der Waals surface area contributed by atoms with Crippen LogP contribution < -0.4 is 0 Å². The van der Waals surface area contributed by atoms with E-state index < -0.39 is 10.0 Å². The van der Waals surface area contributed by atoms with Crippen LogP contribution in [0.15, 0.2) is 17.3 Å². The molecule has 84 valence electrons. The van der Waals surface area contributed by atoms with Gasteiger partial charge in [-0.1, -0.05) is 0 Å². The molecule has 1 unspecified atom stereocenters. The van der Waals surface area contributed by atoms with E-state index in [1.807, 2.05) is 0 Å². The van der Waals surface area contributed by atoms with Crippen LogP contribution in [0.25, 0.3) is 0 Å².